The van der Waals surface area contributed by atoms with E-state index in [-0.39, 0.29) is 11.2 Å². The Kier molecular flexibility index (Phi) is 2.57. The van der Waals surface area contributed by atoms with E-state index in [0.717, 1.165) is 19.3 Å². The molecule has 0 aromatic rings. The lowest BCUT2D eigenvalue weighted by Crippen LogP contribution is -2.50. The van der Waals surface area contributed by atoms with Gasteiger partial charge in [0.1, 0.15) is 5.78 Å². The van der Waals surface area contributed by atoms with E-state index < -0.39 is 18.2 Å². The van der Waals surface area contributed by atoms with E-state index in [2.05, 4.69) is 0 Å². The van der Waals surface area contributed by atoms with E-state index >= 15 is 0 Å². The molecule has 4 aliphatic carbocycles. The monoisotopic (exact) mass is 250 g/mol. The number of hydrogen-bond acceptors (Lipinski definition) is 3. The molecule has 0 amide bonds. The number of rotatable bonds is 4. The zero-order valence-electron chi connectivity index (χ0n) is 10.4. The molecule has 0 atom stereocenters. The van der Waals surface area contributed by atoms with Crippen LogP contribution in [0.5, 0.6) is 0 Å². The summed E-state index contributed by atoms with van der Waals surface area (Å²) in [7, 11) is 0. The van der Waals surface area contributed by atoms with Crippen molar-refractivity contribution in [1.82, 2.24) is 0 Å². The van der Waals surface area contributed by atoms with Crippen LogP contribution in [0.15, 0.2) is 0 Å². The molecule has 0 radical (unpaired) electrons. The van der Waals surface area contributed by atoms with Gasteiger partial charge in [0, 0.05) is 5.41 Å². The van der Waals surface area contributed by atoms with Gasteiger partial charge in [0.25, 0.3) is 0 Å². The average molecular weight is 250 g/mol. The van der Waals surface area contributed by atoms with Crippen LogP contribution in [0.2, 0.25) is 0 Å². The van der Waals surface area contributed by atoms with Crippen LogP contribution in [-0.2, 0) is 14.4 Å². The first-order valence-corrected chi connectivity index (χ1v) is 6.78. The summed E-state index contributed by atoms with van der Waals surface area (Å²) in [6.07, 6.45) is 5.99. The van der Waals surface area contributed by atoms with Crippen molar-refractivity contribution in [1.29, 1.82) is 0 Å². The second kappa shape index (κ2) is 3.90. The second-order valence-electron chi connectivity index (χ2n) is 6.53. The van der Waals surface area contributed by atoms with E-state index in [9.17, 15) is 14.4 Å². The van der Waals surface area contributed by atoms with Gasteiger partial charge in [-0.3, -0.25) is 9.59 Å². The number of aliphatic carboxylic acids is 1. The third-order valence-electron chi connectivity index (χ3n) is 5.19. The summed E-state index contributed by atoms with van der Waals surface area (Å²) in [5, 5.41) is 8.61. The van der Waals surface area contributed by atoms with Gasteiger partial charge in [-0.1, -0.05) is 0 Å². The predicted octanol–water partition coefficient (Wildman–Crippen LogP) is 1.82. The van der Waals surface area contributed by atoms with Gasteiger partial charge in [0.15, 0.2) is 0 Å². The molecule has 1 N–H and O–H groups in total. The summed E-state index contributed by atoms with van der Waals surface area (Å²) in [6.45, 7) is 0. The molecule has 4 bridgehead atoms. The molecule has 4 aliphatic rings. The van der Waals surface area contributed by atoms with E-state index in [0.29, 0.717) is 17.8 Å². The number of carbonyl (C=O) groups excluding carboxylic acids is 2. The van der Waals surface area contributed by atoms with Gasteiger partial charge in [-0.15, -0.1) is 0 Å². The Morgan fingerprint density at radius 1 is 0.944 bits per heavy atom. The quantitative estimate of drug-likeness (QED) is 0.610. The molecule has 18 heavy (non-hydrogen) atoms. The van der Waals surface area contributed by atoms with Crippen LogP contribution in [-0.4, -0.2) is 22.6 Å². The number of carbonyl (C=O) groups is 3. The van der Waals surface area contributed by atoms with Crippen LogP contribution in [0.3, 0.4) is 0 Å². The van der Waals surface area contributed by atoms with Gasteiger partial charge < -0.3 is 5.11 Å². The SMILES string of the molecule is O=C(O)C(=O)CC(=O)C12CC3CC(CC(C3)C1)C2. The number of ketones is 2. The number of Topliss-reactive ketones (excluding diaryl/α,β-unsaturated/α-hetero) is 2. The van der Waals surface area contributed by atoms with Crippen molar-refractivity contribution < 1.29 is 19.5 Å². The van der Waals surface area contributed by atoms with Crippen LogP contribution in [0.1, 0.15) is 44.9 Å². The van der Waals surface area contributed by atoms with Crippen LogP contribution in [0, 0.1) is 23.2 Å². The molecule has 4 saturated carbocycles. The summed E-state index contributed by atoms with van der Waals surface area (Å²) in [4.78, 5) is 34.1. The standard InChI is InChI=1S/C14H18O4/c15-11(13(17)18)4-12(16)14-5-8-1-9(6-14)3-10(2-8)7-14/h8-10H,1-7H2,(H,17,18). The van der Waals surface area contributed by atoms with E-state index in [4.69, 9.17) is 5.11 Å². The van der Waals surface area contributed by atoms with E-state index in [1.807, 2.05) is 0 Å². The first-order valence-electron chi connectivity index (χ1n) is 6.78. The summed E-state index contributed by atoms with van der Waals surface area (Å²) in [5.41, 5.74) is -0.347. The molecular formula is C14H18O4. The molecule has 98 valence electrons. The third-order valence-corrected chi connectivity index (χ3v) is 5.19. The number of hydrogen-bond donors (Lipinski definition) is 1. The highest BCUT2D eigenvalue weighted by molar-refractivity contribution is 6.36. The summed E-state index contributed by atoms with van der Waals surface area (Å²) < 4.78 is 0. The molecule has 0 heterocycles. The fourth-order valence-corrected chi connectivity index (χ4v) is 4.86. The summed E-state index contributed by atoms with van der Waals surface area (Å²) in [6, 6.07) is 0. The van der Waals surface area contributed by atoms with Crippen molar-refractivity contribution in [2.45, 2.75) is 44.9 Å². The van der Waals surface area contributed by atoms with E-state index in [1.54, 1.807) is 0 Å². The highest BCUT2D eigenvalue weighted by Crippen LogP contribution is 2.60. The topological polar surface area (TPSA) is 71.4 Å². The fraction of sp³-hybridized carbons (Fsp3) is 0.786. The second-order valence-corrected chi connectivity index (χ2v) is 6.53. The Bertz CT molecular complexity index is 388. The van der Waals surface area contributed by atoms with Crippen molar-refractivity contribution in [3.05, 3.63) is 0 Å². The van der Waals surface area contributed by atoms with Crippen molar-refractivity contribution in [2.75, 3.05) is 0 Å². The van der Waals surface area contributed by atoms with Gasteiger partial charge in [-0.05, 0) is 56.3 Å². The van der Waals surface area contributed by atoms with Crippen molar-refractivity contribution in [2.24, 2.45) is 23.2 Å². The minimum absolute atomic E-state index is 0.103. The zero-order chi connectivity index (χ0) is 12.9. The van der Waals surface area contributed by atoms with Gasteiger partial charge in [-0.2, -0.15) is 0 Å². The van der Waals surface area contributed by atoms with Crippen molar-refractivity contribution in [3.63, 3.8) is 0 Å². The number of carboxylic acids is 1. The average Bonchev–Trinajstić information content (AvgIpc) is 2.26. The van der Waals surface area contributed by atoms with Crippen LogP contribution >= 0.6 is 0 Å². The van der Waals surface area contributed by atoms with E-state index in [1.165, 1.54) is 19.3 Å². The first-order chi connectivity index (χ1) is 8.48. The predicted molar refractivity (Wildman–Crippen MR) is 62.9 cm³/mol. The molecule has 0 saturated heterocycles. The lowest BCUT2D eigenvalue weighted by atomic mass is 9.48. The molecule has 4 heteroatoms. The summed E-state index contributed by atoms with van der Waals surface area (Å²) in [5.74, 6) is -0.613. The van der Waals surface area contributed by atoms with Gasteiger partial charge in [0.05, 0.1) is 6.42 Å². The molecule has 0 aromatic carbocycles. The highest BCUT2D eigenvalue weighted by atomic mass is 16.4. The lowest BCUT2D eigenvalue weighted by molar-refractivity contribution is -0.154. The van der Waals surface area contributed by atoms with Crippen LogP contribution in [0.4, 0.5) is 0 Å². The minimum Gasteiger partial charge on any atom is -0.475 e. The lowest BCUT2D eigenvalue weighted by Gasteiger charge is -2.55. The summed E-state index contributed by atoms with van der Waals surface area (Å²) >= 11 is 0. The molecule has 0 spiro atoms. The molecule has 4 fully saturated rings. The first kappa shape index (κ1) is 11.9. The number of carboxylic acid groups (broad SMARTS) is 1. The Labute approximate surface area is 106 Å². The van der Waals surface area contributed by atoms with Crippen molar-refractivity contribution >= 4 is 17.5 Å². The Hall–Kier alpha value is -1.19. The largest absolute Gasteiger partial charge is 0.475 e. The van der Waals surface area contributed by atoms with Gasteiger partial charge >= 0.3 is 5.97 Å². The highest BCUT2D eigenvalue weighted by Gasteiger charge is 2.54. The third kappa shape index (κ3) is 1.78. The Morgan fingerprint density at radius 2 is 1.39 bits per heavy atom. The molecule has 4 nitrogen and oxygen atoms in total. The zero-order valence-corrected chi connectivity index (χ0v) is 10.4. The van der Waals surface area contributed by atoms with Crippen LogP contribution in [0.25, 0.3) is 0 Å². The van der Waals surface area contributed by atoms with Crippen LogP contribution < -0.4 is 0 Å². The maximum Gasteiger partial charge on any atom is 0.372 e. The molecule has 0 unspecified atom stereocenters. The van der Waals surface area contributed by atoms with Gasteiger partial charge in [0.2, 0.25) is 5.78 Å². The minimum atomic E-state index is -1.48. The fourth-order valence-electron chi connectivity index (χ4n) is 4.86. The molecule has 0 aliphatic heterocycles. The van der Waals surface area contributed by atoms with Crippen molar-refractivity contribution in [3.8, 4) is 0 Å². The molecular weight excluding hydrogens is 232 g/mol. The molecule has 0 aromatic heterocycles. The normalized spacial score (nSPS) is 40.8. The molecule has 4 rings (SSSR count). The Balaban J connectivity index is 1.77. The van der Waals surface area contributed by atoms with Gasteiger partial charge in [-0.25, -0.2) is 4.79 Å². The maximum atomic E-state index is 12.3. The maximum absolute atomic E-state index is 12.3. The smallest absolute Gasteiger partial charge is 0.372 e. The Morgan fingerprint density at radius 3 is 1.78 bits per heavy atom.